The summed E-state index contributed by atoms with van der Waals surface area (Å²) in [5.41, 5.74) is 9.49. The van der Waals surface area contributed by atoms with Crippen LogP contribution in [0.3, 0.4) is 0 Å². The SMILES string of the molecule is CCN=c1scc(-c2cc(C)c(C)cc2C)n1/N=C/c1c(C)[nH]c2ccccc12. The largest absolute Gasteiger partial charge is 0.358 e. The lowest BCUT2D eigenvalue weighted by Gasteiger charge is -2.10. The lowest BCUT2D eigenvalue weighted by atomic mass is 9.99. The first kappa shape index (κ1) is 19.4. The molecule has 5 heteroatoms. The molecule has 0 atom stereocenters. The molecule has 4 rings (SSSR count). The Bertz CT molecular complexity index is 1280. The van der Waals surface area contributed by atoms with Crippen molar-refractivity contribution in [3.63, 3.8) is 0 Å². The number of hydrogen-bond acceptors (Lipinski definition) is 3. The van der Waals surface area contributed by atoms with E-state index in [2.05, 4.69) is 80.3 Å². The van der Waals surface area contributed by atoms with Crippen molar-refractivity contribution >= 4 is 28.5 Å². The van der Waals surface area contributed by atoms with E-state index in [-0.39, 0.29) is 0 Å². The van der Waals surface area contributed by atoms with E-state index in [0.717, 1.165) is 33.8 Å². The Labute approximate surface area is 175 Å². The van der Waals surface area contributed by atoms with Crippen LogP contribution < -0.4 is 4.80 Å². The summed E-state index contributed by atoms with van der Waals surface area (Å²) in [4.78, 5) is 9.02. The van der Waals surface area contributed by atoms with Crippen LogP contribution in [0.4, 0.5) is 0 Å². The van der Waals surface area contributed by atoms with Crippen LogP contribution in [0.1, 0.15) is 34.9 Å². The molecule has 0 aliphatic heterocycles. The van der Waals surface area contributed by atoms with E-state index >= 15 is 0 Å². The molecule has 2 aromatic heterocycles. The highest BCUT2D eigenvalue weighted by Crippen LogP contribution is 2.27. The molecule has 0 amide bonds. The molecule has 0 radical (unpaired) electrons. The van der Waals surface area contributed by atoms with Crippen molar-refractivity contribution in [1.82, 2.24) is 9.66 Å². The molecular weight excluding hydrogens is 376 g/mol. The summed E-state index contributed by atoms with van der Waals surface area (Å²) >= 11 is 1.63. The minimum Gasteiger partial charge on any atom is -0.358 e. The number of aromatic nitrogens is 2. The van der Waals surface area contributed by atoms with Crippen molar-refractivity contribution in [2.24, 2.45) is 10.1 Å². The van der Waals surface area contributed by atoms with Gasteiger partial charge in [-0.3, -0.25) is 4.99 Å². The Morgan fingerprint density at radius 1 is 1.03 bits per heavy atom. The Balaban J connectivity index is 1.88. The molecular formula is C24H26N4S. The zero-order valence-corrected chi connectivity index (χ0v) is 18.4. The summed E-state index contributed by atoms with van der Waals surface area (Å²) in [6.45, 7) is 11.3. The van der Waals surface area contributed by atoms with Crippen molar-refractivity contribution in [3.8, 4) is 11.3 Å². The molecule has 4 aromatic rings. The van der Waals surface area contributed by atoms with Gasteiger partial charge in [0, 0.05) is 39.6 Å². The Kier molecular flexibility index (Phi) is 5.24. The molecule has 0 unspecified atom stereocenters. The molecule has 4 nitrogen and oxygen atoms in total. The maximum atomic E-state index is 4.90. The van der Waals surface area contributed by atoms with E-state index in [1.54, 1.807) is 11.3 Å². The molecule has 148 valence electrons. The molecule has 2 heterocycles. The number of aromatic amines is 1. The highest BCUT2D eigenvalue weighted by molar-refractivity contribution is 7.07. The molecule has 29 heavy (non-hydrogen) atoms. The summed E-state index contributed by atoms with van der Waals surface area (Å²) in [7, 11) is 0. The smallest absolute Gasteiger partial charge is 0.206 e. The zero-order valence-electron chi connectivity index (χ0n) is 17.6. The Morgan fingerprint density at radius 3 is 2.59 bits per heavy atom. The lowest BCUT2D eigenvalue weighted by molar-refractivity contribution is 0.832. The summed E-state index contributed by atoms with van der Waals surface area (Å²) < 4.78 is 1.98. The number of aryl methyl sites for hydroxylation is 4. The fraction of sp³-hybridized carbons (Fsp3) is 0.250. The minimum absolute atomic E-state index is 0.730. The predicted octanol–water partition coefficient (Wildman–Crippen LogP) is 5.73. The van der Waals surface area contributed by atoms with E-state index in [9.17, 15) is 0 Å². The van der Waals surface area contributed by atoms with E-state index in [0.29, 0.717) is 0 Å². The van der Waals surface area contributed by atoms with Crippen LogP contribution in [0.5, 0.6) is 0 Å². The van der Waals surface area contributed by atoms with Gasteiger partial charge in [-0.1, -0.05) is 24.3 Å². The predicted molar refractivity (Wildman–Crippen MR) is 124 cm³/mol. The number of para-hydroxylation sites is 1. The average Bonchev–Trinajstić information content (AvgIpc) is 3.23. The number of benzene rings is 2. The fourth-order valence-corrected chi connectivity index (χ4v) is 4.55. The van der Waals surface area contributed by atoms with Crippen molar-refractivity contribution in [1.29, 1.82) is 0 Å². The molecule has 1 N–H and O–H groups in total. The summed E-state index contributed by atoms with van der Waals surface area (Å²) in [6.07, 6.45) is 1.95. The van der Waals surface area contributed by atoms with E-state index in [1.807, 2.05) is 17.0 Å². The first-order chi connectivity index (χ1) is 14.0. The number of H-pyrrole nitrogens is 1. The van der Waals surface area contributed by atoms with Crippen molar-refractivity contribution in [3.05, 3.63) is 74.5 Å². The molecule has 0 bridgehead atoms. The molecule has 0 saturated heterocycles. The van der Waals surface area contributed by atoms with Gasteiger partial charge < -0.3 is 4.98 Å². The third-order valence-corrected chi connectivity index (χ3v) is 6.20. The van der Waals surface area contributed by atoms with Gasteiger partial charge >= 0.3 is 0 Å². The van der Waals surface area contributed by atoms with Crippen molar-refractivity contribution in [2.75, 3.05) is 6.54 Å². The van der Waals surface area contributed by atoms with Gasteiger partial charge in [0.25, 0.3) is 0 Å². The number of nitrogens with one attached hydrogen (secondary N) is 1. The van der Waals surface area contributed by atoms with E-state index < -0.39 is 0 Å². The van der Waals surface area contributed by atoms with E-state index in [4.69, 9.17) is 5.10 Å². The third kappa shape index (κ3) is 3.58. The quantitative estimate of drug-likeness (QED) is 0.424. The monoisotopic (exact) mass is 402 g/mol. The van der Waals surface area contributed by atoms with Gasteiger partial charge in [-0.15, -0.1) is 11.3 Å². The average molecular weight is 403 g/mol. The van der Waals surface area contributed by atoms with Crippen LogP contribution in [-0.4, -0.2) is 22.4 Å². The second kappa shape index (κ2) is 7.84. The standard InChI is InChI=1S/C24H26N4S/c1-6-25-24-28(23(14-29-24)20-12-16(3)15(2)11-17(20)4)26-13-21-18(5)27-22-10-8-7-9-19(21)22/h7-14,27H,6H2,1-5H3/b25-24?,26-13+. The maximum Gasteiger partial charge on any atom is 0.206 e. The highest BCUT2D eigenvalue weighted by Gasteiger charge is 2.12. The molecule has 0 aliphatic carbocycles. The van der Waals surface area contributed by atoms with Crippen LogP contribution in [0.2, 0.25) is 0 Å². The molecule has 0 saturated carbocycles. The van der Waals surface area contributed by atoms with Gasteiger partial charge in [0.1, 0.15) is 0 Å². The van der Waals surface area contributed by atoms with Gasteiger partial charge in [0.15, 0.2) is 0 Å². The number of fused-ring (bicyclic) bond motifs is 1. The maximum absolute atomic E-state index is 4.90. The van der Waals surface area contributed by atoms with Gasteiger partial charge in [-0.25, -0.2) is 4.68 Å². The van der Waals surface area contributed by atoms with Crippen LogP contribution >= 0.6 is 11.3 Å². The van der Waals surface area contributed by atoms with Gasteiger partial charge in [0.05, 0.1) is 11.9 Å². The van der Waals surface area contributed by atoms with Crippen molar-refractivity contribution in [2.45, 2.75) is 34.6 Å². The topological polar surface area (TPSA) is 45.4 Å². The van der Waals surface area contributed by atoms with Crippen LogP contribution in [-0.2, 0) is 0 Å². The molecule has 0 spiro atoms. The number of thiazole rings is 1. The Morgan fingerprint density at radius 2 is 1.79 bits per heavy atom. The van der Waals surface area contributed by atoms with Crippen molar-refractivity contribution < 1.29 is 0 Å². The van der Waals surface area contributed by atoms with Gasteiger partial charge in [-0.05, 0) is 63.4 Å². The van der Waals surface area contributed by atoms with Gasteiger partial charge in [-0.2, -0.15) is 5.10 Å². The fourth-order valence-electron chi connectivity index (χ4n) is 3.66. The van der Waals surface area contributed by atoms with Gasteiger partial charge in [0.2, 0.25) is 4.80 Å². The Hall–Kier alpha value is -2.92. The molecule has 0 aliphatic rings. The molecule has 0 fully saturated rings. The number of hydrogen-bond donors (Lipinski definition) is 1. The summed E-state index contributed by atoms with van der Waals surface area (Å²) in [5, 5.41) is 8.24. The first-order valence-electron chi connectivity index (χ1n) is 9.90. The van der Waals surface area contributed by atoms with Crippen LogP contribution in [0, 0.1) is 27.7 Å². The first-order valence-corrected chi connectivity index (χ1v) is 10.8. The van der Waals surface area contributed by atoms with Crippen LogP contribution in [0.25, 0.3) is 22.2 Å². The third-order valence-electron chi connectivity index (χ3n) is 5.34. The molecule has 2 aromatic carbocycles. The lowest BCUT2D eigenvalue weighted by Crippen LogP contribution is -2.13. The highest BCUT2D eigenvalue weighted by atomic mass is 32.1. The summed E-state index contributed by atoms with van der Waals surface area (Å²) in [5.74, 6) is 0. The van der Waals surface area contributed by atoms with Crippen LogP contribution in [0.15, 0.2) is 51.9 Å². The number of rotatable bonds is 4. The second-order valence-electron chi connectivity index (χ2n) is 7.39. The zero-order chi connectivity index (χ0) is 20.5. The summed E-state index contributed by atoms with van der Waals surface area (Å²) in [6, 6.07) is 12.8. The number of nitrogens with zero attached hydrogens (tertiary/aromatic N) is 3. The minimum atomic E-state index is 0.730. The normalized spacial score (nSPS) is 12.5. The second-order valence-corrected chi connectivity index (χ2v) is 8.23. The van der Waals surface area contributed by atoms with E-state index in [1.165, 1.54) is 27.6 Å².